The minimum atomic E-state index is 0.0902. The van der Waals surface area contributed by atoms with Crippen molar-refractivity contribution in [2.75, 3.05) is 0 Å². The van der Waals surface area contributed by atoms with Crippen LogP contribution in [0.15, 0.2) is 48.5 Å². The second-order valence-electron chi connectivity index (χ2n) is 4.30. The monoisotopic (exact) mass is 263 g/mol. The molecule has 20 heavy (non-hydrogen) atoms. The molecule has 2 aromatic heterocycles. The zero-order valence-electron chi connectivity index (χ0n) is 10.3. The predicted octanol–water partition coefficient (Wildman–Crippen LogP) is 1.51. The summed E-state index contributed by atoms with van der Waals surface area (Å²) >= 11 is 0. The average molecular weight is 263 g/mol. The van der Waals surface area contributed by atoms with Crippen LogP contribution < -0.4 is 0 Å². The number of fused-ring (bicyclic) bond motifs is 2. The summed E-state index contributed by atoms with van der Waals surface area (Å²) in [7, 11) is 0. The van der Waals surface area contributed by atoms with Gasteiger partial charge in [-0.05, 0) is 24.3 Å². The maximum absolute atomic E-state index is 8.29. The zero-order valence-corrected chi connectivity index (χ0v) is 10.3. The molecule has 0 spiro atoms. The number of rotatable bonds is 0. The lowest BCUT2D eigenvalue weighted by molar-refractivity contribution is 0.766. The van der Waals surface area contributed by atoms with Gasteiger partial charge in [0.1, 0.15) is 11.0 Å². The molecule has 0 atom stereocenters. The minimum absolute atomic E-state index is 0.0902. The summed E-state index contributed by atoms with van der Waals surface area (Å²) in [6, 6.07) is 15.0. The fourth-order valence-corrected chi connectivity index (χ4v) is 2.14. The Balaban J connectivity index is 1.92. The van der Waals surface area contributed by atoms with Crippen molar-refractivity contribution in [2.45, 2.75) is 0 Å². The second-order valence-corrected chi connectivity index (χ2v) is 4.30. The Morgan fingerprint density at radius 2 is 1.20 bits per heavy atom. The van der Waals surface area contributed by atoms with Crippen LogP contribution in [0.4, 0.5) is 0 Å². The summed E-state index contributed by atoms with van der Waals surface area (Å²) < 4.78 is 2.88. The van der Waals surface area contributed by atoms with E-state index in [1.54, 1.807) is 0 Å². The van der Waals surface area contributed by atoms with Crippen LogP contribution in [0.3, 0.4) is 0 Å². The number of aromatic nitrogens is 6. The molecule has 4 rings (SSSR count). The lowest BCUT2D eigenvalue weighted by Gasteiger charge is -2.04. The quantitative estimate of drug-likeness (QED) is 0.385. The first-order valence-corrected chi connectivity index (χ1v) is 6.05. The molecule has 0 saturated heterocycles. The molecule has 0 bridgehead atoms. The number of nitrogens with zero attached hydrogens (tertiary/aromatic N) is 6. The molecule has 0 aliphatic rings. The Morgan fingerprint density at radius 1 is 0.750 bits per heavy atom. The molecule has 2 aromatic carbocycles. The molecule has 96 valence electrons. The molecule has 0 aliphatic carbocycles. The molecule has 2 heterocycles. The van der Waals surface area contributed by atoms with Crippen LogP contribution in [-0.2, 0) is 0 Å². The minimum Gasteiger partial charge on any atom is -0.265 e. The van der Waals surface area contributed by atoms with Gasteiger partial charge in [0.25, 0.3) is 0 Å². The van der Waals surface area contributed by atoms with Gasteiger partial charge in [-0.25, -0.2) is 0 Å². The number of hydrogen-bond donors (Lipinski definition) is 1. The summed E-state index contributed by atoms with van der Waals surface area (Å²) in [6.07, 6.45) is 0. The third-order valence-corrected chi connectivity index (χ3v) is 3.10. The van der Waals surface area contributed by atoms with E-state index in [-0.39, 0.29) is 5.96 Å². The average Bonchev–Trinajstić information content (AvgIpc) is 3.11. The molecular weight excluding hydrogens is 254 g/mol. The van der Waals surface area contributed by atoms with E-state index in [9.17, 15) is 0 Å². The summed E-state index contributed by atoms with van der Waals surface area (Å²) in [5.41, 5.74) is 3.00. The highest BCUT2D eigenvalue weighted by Crippen LogP contribution is 2.13. The molecule has 4 aromatic rings. The van der Waals surface area contributed by atoms with Crippen LogP contribution in [0.25, 0.3) is 22.1 Å². The Hall–Kier alpha value is -3.09. The number of benzene rings is 2. The Kier molecular flexibility index (Phi) is 2.13. The van der Waals surface area contributed by atoms with Crippen molar-refractivity contribution < 1.29 is 0 Å². The SMILES string of the molecule is N=C(n1nnc2ccccc21)n1nnc2ccccc21. The van der Waals surface area contributed by atoms with Crippen LogP contribution in [0.5, 0.6) is 0 Å². The standard InChI is InChI=1S/C13H9N7/c14-13(19-11-7-3-1-5-9(11)15-17-19)20-12-8-4-2-6-10(12)16-18-20/h1-8,14H. The topological polar surface area (TPSA) is 85.3 Å². The lowest BCUT2D eigenvalue weighted by Crippen LogP contribution is -2.22. The number of hydrogen-bond acceptors (Lipinski definition) is 5. The predicted molar refractivity (Wildman–Crippen MR) is 73.6 cm³/mol. The Bertz CT molecular complexity index is 858. The van der Waals surface area contributed by atoms with Gasteiger partial charge in [-0.1, -0.05) is 34.7 Å². The van der Waals surface area contributed by atoms with Crippen LogP contribution in [0.1, 0.15) is 0 Å². The van der Waals surface area contributed by atoms with E-state index in [2.05, 4.69) is 20.6 Å². The largest absolute Gasteiger partial charge is 0.265 e. The van der Waals surface area contributed by atoms with E-state index in [4.69, 9.17) is 5.41 Å². The molecule has 7 nitrogen and oxygen atoms in total. The summed E-state index contributed by atoms with van der Waals surface area (Å²) in [4.78, 5) is 0. The van der Waals surface area contributed by atoms with Crippen molar-refractivity contribution in [1.29, 1.82) is 5.41 Å². The van der Waals surface area contributed by atoms with E-state index in [1.165, 1.54) is 9.36 Å². The molecular formula is C13H9N7. The first-order valence-electron chi connectivity index (χ1n) is 6.05. The highest BCUT2D eigenvalue weighted by atomic mass is 15.6. The van der Waals surface area contributed by atoms with Crippen molar-refractivity contribution in [3.63, 3.8) is 0 Å². The van der Waals surface area contributed by atoms with Crippen LogP contribution in [0.2, 0.25) is 0 Å². The molecule has 1 N–H and O–H groups in total. The van der Waals surface area contributed by atoms with Gasteiger partial charge < -0.3 is 0 Å². The molecule has 0 saturated carbocycles. The van der Waals surface area contributed by atoms with Gasteiger partial charge in [-0.2, -0.15) is 9.36 Å². The third kappa shape index (κ3) is 1.43. The zero-order chi connectivity index (χ0) is 13.5. The maximum atomic E-state index is 8.29. The fourth-order valence-electron chi connectivity index (χ4n) is 2.14. The maximum Gasteiger partial charge on any atom is 0.248 e. The van der Waals surface area contributed by atoms with E-state index >= 15 is 0 Å². The molecule has 0 radical (unpaired) electrons. The van der Waals surface area contributed by atoms with Gasteiger partial charge in [0.2, 0.25) is 5.96 Å². The highest BCUT2D eigenvalue weighted by Gasteiger charge is 2.14. The molecule has 0 aliphatic heterocycles. The van der Waals surface area contributed by atoms with Gasteiger partial charge in [-0.3, -0.25) is 5.41 Å². The van der Waals surface area contributed by atoms with E-state index in [1.807, 2.05) is 48.5 Å². The molecule has 0 amide bonds. The Morgan fingerprint density at radius 3 is 1.70 bits per heavy atom. The molecule has 0 unspecified atom stereocenters. The molecule has 0 fully saturated rings. The van der Waals surface area contributed by atoms with Crippen LogP contribution in [0, 0.1) is 5.41 Å². The number of para-hydroxylation sites is 2. The molecule has 7 heteroatoms. The summed E-state index contributed by atoms with van der Waals surface area (Å²) in [6.45, 7) is 0. The summed E-state index contributed by atoms with van der Waals surface area (Å²) in [5, 5.41) is 24.4. The van der Waals surface area contributed by atoms with Gasteiger partial charge in [-0.15, -0.1) is 10.2 Å². The van der Waals surface area contributed by atoms with Gasteiger partial charge in [0.05, 0.1) is 11.0 Å². The van der Waals surface area contributed by atoms with Crippen molar-refractivity contribution >= 4 is 28.0 Å². The Labute approximate surface area is 112 Å². The normalized spacial score (nSPS) is 11.2. The van der Waals surface area contributed by atoms with Gasteiger partial charge in [0.15, 0.2) is 0 Å². The fraction of sp³-hybridized carbons (Fsp3) is 0. The van der Waals surface area contributed by atoms with Gasteiger partial charge >= 0.3 is 0 Å². The first kappa shape index (κ1) is 10.8. The van der Waals surface area contributed by atoms with E-state index in [0.29, 0.717) is 0 Å². The highest BCUT2D eigenvalue weighted by molar-refractivity contribution is 5.94. The lowest BCUT2D eigenvalue weighted by atomic mass is 10.3. The van der Waals surface area contributed by atoms with E-state index in [0.717, 1.165) is 22.1 Å². The van der Waals surface area contributed by atoms with Gasteiger partial charge in [0, 0.05) is 0 Å². The summed E-state index contributed by atoms with van der Waals surface area (Å²) in [5.74, 6) is 0.0902. The first-order chi connectivity index (χ1) is 9.84. The van der Waals surface area contributed by atoms with Crippen molar-refractivity contribution in [3.8, 4) is 0 Å². The third-order valence-electron chi connectivity index (χ3n) is 3.10. The van der Waals surface area contributed by atoms with Crippen molar-refractivity contribution in [2.24, 2.45) is 0 Å². The van der Waals surface area contributed by atoms with E-state index < -0.39 is 0 Å². The van der Waals surface area contributed by atoms with Crippen molar-refractivity contribution in [1.82, 2.24) is 30.0 Å². The smallest absolute Gasteiger partial charge is 0.248 e. The number of nitrogens with one attached hydrogen (secondary N) is 1. The van der Waals surface area contributed by atoms with Crippen molar-refractivity contribution in [3.05, 3.63) is 48.5 Å². The second kappa shape index (κ2) is 3.95. The van der Waals surface area contributed by atoms with Crippen LogP contribution >= 0.6 is 0 Å². The van der Waals surface area contributed by atoms with Crippen LogP contribution in [-0.4, -0.2) is 35.9 Å².